The first-order chi connectivity index (χ1) is 16.9. The van der Waals surface area contributed by atoms with Crippen molar-refractivity contribution in [3.8, 4) is 5.75 Å². The monoisotopic (exact) mass is 504 g/mol. The number of carbonyl (C=O) groups excluding carboxylic acids is 3. The van der Waals surface area contributed by atoms with Crippen molar-refractivity contribution in [1.82, 2.24) is 19.6 Å². The molecular formula is C26H37ClN4O4. The summed E-state index contributed by atoms with van der Waals surface area (Å²) in [6, 6.07) is 7.30. The van der Waals surface area contributed by atoms with Crippen molar-refractivity contribution >= 4 is 29.3 Å². The van der Waals surface area contributed by atoms with Crippen molar-refractivity contribution in [2.75, 3.05) is 59.4 Å². The van der Waals surface area contributed by atoms with Gasteiger partial charge < -0.3 is 24.3 Å². The Hall–Kier alpha value is -2.32. The topological polar surface area (TPSA) is 73.4 Å². The number of nitrogens with zero attached hydrogens (tertiary/aromatic N) is 4. The Kier molecular flexibility index (Phi) is 8.89. The van der Waals surface area contributed by atoms with E-state index < -0.39 is 0 Å². The van der Waals surface area contributed by atoms with Crippen LogP contribution in [0.5, 0.6) is 5.75 Å². The Morgan fingerprint density at radius 3 is 2.57 bits per heavy atom. The van der Waals surface area contributed by atoms with Gasteiger partial charge in [-0.05, 0) is 38.1 Å². The summed E-state index contributed by atoms with van der Waals surface area (Å²) < 4.78 is 6.30. The lowest BCUT2D eigenvalue weighted by molar-refractivity contribution is -0.143. The molecule has 1 aromatic carbocycles. The fourth-order valence-corrected chi connectivity index (χ4v) is 5.36. The number of carbonyl (C=O) groups is 3. The van der Waals surface area contributed by atoms with E-state index in [1.807, 2.05) is 21.9 Å². The fraction of sp³-hybridized carbons (Fsp3) is 0.654. The number of ether oxygens (including phenoxy) is 1. The molecule has 3 amide bonds. The molecule has 192 valence electrons. The minimum absolute atomic E-state index is 0.0431. The van der Waals surface area contributed by atoms with E-state index in [2.05, 4.69) is 11.9 Å². The van der Waals surface area contributed by atoms with Crippen LogP contribution in [0.1, 0.15) is 38.5 Å². The normalized spacial score (nSPS) is 24.3. The van der Waals surface area contributed by atoms with E-state index >= 15 is 0 Å². The van der Waals surface area contributed by atoms with Crippen LogP contribution in [0.4, 0.5) is 0 Å². The Morgan fingerprint density at radius 2 is 1.80 bits per heavy atom. The predicted octanol–water partition coefficient (Wildman–Crippen LogP) is 2.50. The molecule has 4 rings (SSSR count). The lowest BCUT2D eigenvalue weighted by Crippen LogP contribution is -2.53. The molecule has 2 atom stereocenters. The van der Waals surface area contributed by atoms with Crippen LogP contribution in [0.2, 0.25) is 5.02 Å². The molecule has 0 aromatic heterocycles. The number of benzene rings is 1. The lowest BCUT2D eigenvalue weighted by Gasteiger charge is -2.40. The molecule has 0 aliphatic carbocycles. The first kappa shape index (κ1) is 25.8. The van der Waals surface area contributed by atoms with Gasteiger partial charge in [-0.25, -0.2) is 0 Å². The average molecular weight is 505 g/mol. The maximum Gasteiger partial charge on any atom is 0.242 e. The van der Waals surface area contributed by atoms with Gasteiger partial charge in [-0.2, -0.15) is 0 Å². The number of rotatable bonds is 6. The largest absolute Gasteiger partial charge is 0.490 e. The molecule has 35 heavy (non-hydrogen) atoms. The molecule has 0 radical (unpaired) electrons. The van der Waals surface area contributed by atoms with E-state index in [9.17, 15) is 14.4 Å². The quantitative estimate of drug-likeness (QED) is 0.595. The average Bonchev–Trinajstić information content (AvgIpc) is 3.04. The van der Waals surface area contributed by atoms with Crippen LogP contribution in [-0.2, 0) is 14.4 Å². The maximum atomic E-state index is 13.2. The zero-order valence-electron chi connectivity index (χ0n) is 20.7. The van der Waals surface area contributed by atoms with Crippen LogP contribution < -0.4 is 4.74 Å². The van der Waals surface area contributed by atoms with Gasteiger partial charge in [0.15, 0.2) is 0 Å². The molecular weight excluding hydrogens is 468 g/mol. The molecule has 3 fully saturated rings. The zero-order chi connectivity index (χ0) is 24.8. The summed E-state index contributed by atoms with van der Waals surface area (Å²) in [5.41, 5.74) is 0. The van der Waals surface area contributed by atoms with Crippen LogP contribution in [0.3, 0.4) is 0 Å². The second kappa shape index (κ2) is 12.1. The first-order valence-electron chi connectivity index (χ1n) is 12.8. The summed E-state index contributed by atoms with van der Waals surface area (Å²) in [4.78, 5) is 46.4. The van der Waals surface area contributed by atoms with Crippen molar-refractivity contribution < 1.29 is 19.1 Å². The van der Waals surface area contributed by atoms with Gasteiger partial charge >= 0.3 is 0 Å². The number of halogens is 1. The molecule has 0 saturated carbocycles. The molecule has 0 bridgehead atoms. The Bertz CT molecular complexity index is 905. The highest BCUT2D eigenvalue weighted by atomic mass is 35.5. The minimum atomic E-state index is -0.186. The lowest BCUT2D eigenvalue weighted by atomic mass is 9.90. The van der Waals surface area contributed by atoms with E-state index in [4.69, 9.17) is 16.3 Å². The van der Waals surface area contributed by atoms with Gasteiger partial charge in [-0.3, -0.25) is 14.4 Å². The molecule has 0 spiro atoms. The molecule has 3 aliphatic rings. The van der Waals surface area contributed by atoms with Crippen molar-refractivity contribution in [2.24, 2.45) is 5.92 Å². The molecule has 3 aliphatic heterocycles. The third-order valence-corrected chi connectivity index (χ3v) is 7.63. The SMILES string of the molecule is CN1CCN(C(=O)C[C@H]2CN(C(=O)CN3CCCCCC3=O)CC[C@@H]2Oc2cccc(Cl)c2)CC1. The van der Waals surface area contributed by atoms with Gasteiger partial charge in [0.1, 0.15) is 11.9 Å². The van der Waals surface area contributed by atoms with Gasteiger partial charge in [0.25, 0.3) is 0 Å². The van der Waals surface area contributed by atoms with Crippen molar-refractivity contribution in [3.63, 3.8) is 0 Å². The number of likely N-dealkylation sites (N-methyl/N-ethyl adjacent to an activating group) is 1. The van der Waals surface area contributed by atoms with Crippen LogP contribution in [-0.4, -0.2) is 103 Å². The highest BCUT2D eigenvalue weighted by Crippen LogP contribution is 2.28. The molecule has 0 N–H and O–H groups in total. The van der Waals surface area contributed by atoms with Crippen molar-refractivity contribution in [1.29, 1.82) is 0 Å². The number of hydrogen-bond acceptors (Lipinski definition) is 5. The van der Waals surface area contributed by atoms with Crippen molar-refractivity contribution in [3.05, 3.63) is 29.3 Å². The van der Waals surface area contributed by atoms with Gasteiger partial charge in [-0.1, -0.05) is 24.1 Å². The number of amides is 3. The van der Waals surface area contributed by atoms with E-state index in [0.29, 0.717) is 49.7 Å². The third-order valence-electron chi connectivity index (χ3n) is 7.39. The Balaban J connectivity index is 1.42. The second-order valence-electron chi connectivity index (χ2n) is 10.0. The number of piperazine rings is 1. The van der Waals surface area contributed by atoms with Crippen molar-refractivity contribution in [2.45, 2.75) is 44.6 Å². The van der Waals surface area contributed by atoms with E-state index in [1.54, 1.807) is 17.0 Å². The molecule has 1 aromatic rings. The Morgan fingerprint density at radius 1 is 1.00 bits per heavy atom. The number of piperidine rings is 1. The smallest absolute Gasteiger partial charge is 0.242 e. The van der Waals surface area contributed by atoms with Gasteiger partial charge in [0.05, 0.1) is 6.54 Å². The summed E-state index contributed by atoms with van der Waals surface area (Å²) in [7, 11) is 2.07. The molecule has 0 unspecified atom stereocenters. The zero-order valence-corrected chi connectivity index (χ0v) is 21.4. The summed E-state index contributed by atoms with van der Waals surface area (Å²) in [5, 5.41) is 0.599. The van der Waals surface area contributed by atoms with E-state index in [-0.39, 0.29) is 36.3 Å². The van der Waals surface area contributed by atoms with Crippen LogP contribution >= 0.6 is 11.6 Å². The molecule has 9 heteroatoms. The highest BCUT2D eigenvalue weighted by molar-refractivity contribution is 6.30. The summed E-state index contributed by atoms with van der Waals surface area (Å²) in [5.74, 6) is 0.684. The van der Waals surface area contributed by atoms with Gasteiger partial charge in [0.2, 0.25) is 17.7 Å². The van der Waals surface area contributed by atoms with E-state index in [0.717, 1.165) is 45.4 Å². The Labute approximate surface area is 213 Å². The maximum absolute atomic E-state index is 13.2. The van der Waals surface area contributed by atoms with Crippen LogP contribution in [0.25, 0.3) is 0 Å². The summed E-state index contributed by atoms with van der Waals surface area (Å²) in [6.45, 7) is 4.95. The third kappa shape index (κ3) is 7.10. The minimum Gasteiger partial charge on any atom is -0.490 e. The van der Waals surface area contributed by atoms with E-state index in [1.165, 1.54) is 0 Å². The standard InChI is InChI=1S/C26H37ClN4O4/c1-28-12-14-29(15-13-28)25(33)16-20-18-31(26(34)19-30-10-4-2-3-8-24(30)32)11-9-23(20)35-22-7-5-6-21(27)17-22/h5-7,17,20,23H,2-4,8-16,18-19H2,1H3/t20-,23-/m0/s1. The molecule has 3 heterocycles. The van der Waals surface area contributed by atoms with Gasteiger partial charge in [-0.15, -0.1) is 0 Å². The van der Waals surface area contributed by atoms with Crippen LogP contribution in [0.15, 0.2) is 24.3 Å². The second-order valence-corrected chi connectivity index (χ2v) is 10.5. The first-order valence-corrected chi connectivity index (χ1v) is 13.2. The number of likely N-dealkylation sites (tertiary alicyclic amines) is 2. The fourth-order valence-electron chi connectivity index (χ4n) is 5.18. The summed E-state index contributed by atoms with van der Waals surface area (Å²) >= 11 is 6.15. The molecule has 3 saturated heterocycles. The van der Waals surface area contributed by atoms with Crippen LogP contribution in [0, 0.1) is 5.92 Å². The molecule has 8 nitrogen and oxygen atoms in total. The summed E-state index contributed by atoms with van der Waals surface area (Å²) in [6.07, 6.45) is 4.16. The number of hydrogen-bond donors (Lipinski definition) is 0. The predicted molar refractivity (Wildman–Crippen MR) is 134 cm³/mol. The van der Waals surface area contributed by atoms with Gasteiger partial charge in [0, 0.05) is 76.0 Å². The highest BCUT2D eigenvalue weighted by Gasteiger charge is 2.36.